The summed E-state index contributed by atoms with van der Waals surface area (Å²) in [4.78, 5) is 20.9. The van der Waals surface area contributed by atoms with E-state index in [1.807, 2.05) is 370 Å². The fourth-order valence-electron chi connectivity index (χ4n) is 16.6. The van der Waals surface area contributed by atoms with Gasteiger partial charge in [-0.1, -0.05) is 365 Å². The largest absolute Gasteiger partial charge is 2.00 e. The van der Waals surface area contributed by atoms with E-state index in [0.717, 1.165) is 66.8 Å². The van der Waals surface area contributed by atoms with Gasteiger partial charge in [0, 0.05) is 0 Å². The normalized spacial score (nSPS) is 20.3. The second-order valence-corrected chi connectivity index (χ2v) is 38.7. The summed E-state index contributed by atoms with van der Waals surface area (Å²) < 4.78 is 118. The number of hydrogen-bond acceptors (Lipinski definition) is 12. The molecule has 4 saturated carbocycles. The minimum absolute atomic E-state index is 0. The van der Waals surface area contributed by atoms with Crippen LogP contribution in [0.25, 0.3) is 0 Å². The molecular weight excluding hydrogens is 2520 g/mol. The molecule has 20 rings (SSSR count). The van der Waals surface area contributed by atoms with Crippen molar-refractivity contribution >= 4 is 101 Å². The minimum atomic E-state index is -3.89. The predicted molar refractivity (Wildman–Crippen MR) is 525 cm³/mol. The molecular formula is C108H88Cl4Fe2N8O8Pd2Pt2S4+4. The fraction of sp³-hybridized carbons (Fsp3) is 0.111. The second kappa shape index (κ2) is 53.7. The van der Waals surface area contributed by atoms with Crippen molar-refractivity contribution in [2.45, 2.75) is 95.6 Å². The number of benzene rings is 12. The molecule has 20 radical (unpaired) electrons. The number of sulfonamides is 4. The Morgan fingerprint density at radius 3 is 0.522 bits per heavy atom. The van der Waals surface area contributed by atoms with E-state index in [9.17, 15) is 33.7 Å². The van der Waals surface area contributed by atoms with Gasteiger partial charge in [-0.25, -0.2) is 76.6 Å². The zero-order chi connectivity index (χ0) is 96.5. The van der Waals surface area contributed by atoms with Gasteiger partial charge < -0.3 is 25.7 Å². The summed E-state index contributed by atoms with van der Waals surface area (Å²) in [5.74, 6) is 4.33. The molecule has 4 heterocycles. The van der Waals surface area contributed by atoms with Crippen molar-refractivity contribution in [2.75, 3.05) is 0 Å². The van der Waals surface area contributed by atoms with Crippen molar-refractivity contribution in [1.82, 2.24) is 17.2 Å². The zero-order valence-electron chi connectivity index (χ0n) is 73.8. The van der Waals surface area contributed by atoms with Crippen molar-refractivity contribution in [3.63, 3.8) is 0 Å². The molecule has 0 amide bonds. The van der Waals surface area contributed by atoms with E-state index in [1.165, 1.54) is 17.2 Å². The van der Waals surface area contributed by atoms with Gasteiger partial charge in [0.05, 0.1) is 67.1 Å². The number of nitrogens with zero attached hydrogens (tertiary/aromatic N) is 8. The molecule has 4 aliphatic carbocycles. The van der Waals surface area contributed by atoms with Crippen molar-refractivity contribution in [3.05, 3.63) is 533 Å². The summed E-state index contributed by atoms with van der Waals surface area (Å²) >= 11 is 7.67. The molecule has 712 valence electrons. The van der Waals surface area contributed by atoms with E-state index >= 15 is 0 Å². The standard InChI is InChI=1S/4C27H22N2O2S.4ClH.2Fe.2Pd.2Pt/c4*1-20-16-18-24(19-17-20)32(30,31)29-26(22-12-6-3-7-13-22)25(21-10-4-2-5-11-21)28-27(29)23-14-8-9-15-23;;;;;;;;;;/h4*2-14,16-19,25-26H,1H3;4*1H;;;;;;/q4*-1;;;;;6*+2/p-4/t4*25-,26-;;;;;;;;;;/m1111........../s1. The van der Waals surface area contributed by atoms with Crippen molar-refractivity contribution in [3.8, 4) is 0 Å². The van der Waals surface area contributed by atoms with Crippen molar-refractivity contribution < 1.29 is 142 Å². The van der Waals surface area contributed by atoms with Gasteiger partial charge in [-0.3, -0.25) is 20.0 Å². The number of amidine groups is 4. The van der Waals surface area contributed by atoms with Gasteiger partial charge in [0.2, 0.25) is 0 Å². The van der Waals surface area contributed by atoms with Gasteiger partial charge in [-0.05, 0) is 121 Å². The van der Waals surface area contributed by atoms with E-state index in [1.54, 1.807) is 112 Å². The number of aliphatic imine (C=N–C) groups is 4. The Morgan fingerprint density at radius 1 is 0.239 bits per heavy atom. The Bertz CT molecular complexity index is 5660. The molecule has 16 nitrogen and oxygen atoms in total. The van der Waals surface area contributed by atoms with Crippen molar-refractivity contribution in [2.24, 2.45) is 20.0 Å². The van der Waals surface area contributed by atoms with Gasteiger partial charge in [0.1, 0.15) is 24.2 Å². The first-order valence-electron chi connectivity index (χ1n) is 42.4. The van der Waals surface area contributed by atoms with E-state index in [2.05, 4.69) is 99.9 Å². The van der Waals surface area contributed by atoms with Crippen LogP contribution in [0.4, 0.5) is 0 Å². The maximum atomic E-state index is 14.0. The molecule has 0 spiro atoms. The van der Waals surface area contributed by atoms with Crippen LogP contribution in [-0.4, -0.2) is 74.2 Å². The molecule has 12 aromatic rings. The van der Waals surface area contributed by atoms with E-state index < -0.39 is 64.3 Å². The van der Waals surface area contributed by atoms with Gasteiger partial charge in [-0.15, -0.1) is 23.7 Å². The van der Waals surface area contributed by atoms with Crippen LogP contribution in [0.15, 0.2) is 379 Å². The third-order valence-electron chi connectivity index (χ3n) is 22.9. The number of halogens is 4. The smallest absolute Gasteiger partial charge is 2.00 e. The fourth-order valence-corrected chi connectivity index (χ4v) is 23.0. The first-order valence-corrected chi connectivity index (χ1v) is 57.8. The first-order chi connectivity index (χ1) is 66.2. The Balaban J connectivity index is 0.000000171. The number of aryl methyl sites for hydroxylation is 4. The van der Waals surface area contributed by atoms with E-state index in [-0.39, 0.29) is 77.9 Å². The van der Waals surface area contributed by atoms with Crippen LogP contribution in [0.5, 0.6) is 0 Å². The molecule has 0 bridgehead atoms. The van der Waals surface area contributed by atoms with Crippen molar-refractivity contribution in [1.29, 1.82) is 0 Å². The van der Waals surface area contributed by atoms with E-state index in [4.69, 9.17) is 20.0 Å². The summed E-state index contributed by atoms with van der Waals surface area (Å²) in [5.41, 5.74) is 11.4. The van der Waals surface area contributed by atoms with Crippen LogP contribution in [0.2, 0.25) is 0 Å². The van der Waals surface area contributed by atoms with Gasteiger partial charge in [0.25, 0.3) is 40.1 Å². The van der Waals surface area contributed by atoms with Gasteiger partial charge >= 0.3 is 146 Å². The number of hydrogen-bond donors (Lipinski definition) is 0. The summed E-state index contributed by atoms with van der Waals surface area (Å²) in [6, 6.07) is 103. The molecule has 0 aromatic heterocycles. The van der Waals surface area contributed by atoms with Crippen LogP contribution in [-0.2, 0) is 148 Å². The monoisotopic (exact) mass is 2610 g/mol. The van der Waals surface area contributed by atoms with Crippen LogP contribution < -0.4 is 0 Å². The third-order valence-corrected chi connectivity index (χ3v) is 30.0. The van der Waals surface area contributed by atoms with Crippen LogP contribution in [0.1, 0.15) is 115 Å². The predicted octanol–water partition coefficient (Wildman–Crippen LogP) is 23.4. The maximum absolute atomic E-state index is 14.0. The second-order valence-electron chi connectivity index (χ2n) is 31.4. The Hall–Kier alpha value is -6.78. The Kier molecular flexibility index (Phi) is 43.4. The molecule has 138 heavy (non-hydrogen) atoms. The quantitative estimate of drug-likeness (QED) is 0.0530. The topological polar surface area (TPSA) is 199 Å². The number of rotatable bonds is 20. The molecule has 30 heteroatoms. The van der Waals surface area contributed by atoms with Crippen LogP contribution >= 0.6 is 37.9 Å². The molecule has 12 aromatic carbocycles. The molecule has 4 aliphatic heterocycles. The van der Waals surface area contributed by atoms with E-state index in [0.29, 0.717) is 47.0 Å². The Labute approximate surface area is 898 Å². The summed E-state index contributed by atoms with van der Waals surface area (Å²) in [6.07, 6.45) is 34.5. The summed E-state index contributed by atoms with van der Waals surface area (Å²) in [6.45, 7) is 7.76. The van der Waals surface area contributed by atoms with Gasteiger partial charge in [0.15, 0.2) is 0 Å². The summed E-state index contributed by atoms with van der Waals surface area (Å²) in [7, 11) is 2.65. The minimum Gasteiger partial charge on any atom is 2.00 e. The average Bonchev–Trinajstić information content (AvgIpc) is 1.59. The SMILES string of the molecule is Cc1ccc(S(=O)(=O)N2C([C]3[C-][CH][CH][CH]3)=N[C@H](c3ccccc3)[C@H]2c2ccccc2)cc1.Cc1ccc(S(=O)(=O)N2C([C]3[C-][CH][CH][CH]3)=N[C@H](c3ccccc3)[C@H]2c2ccccc2)cc1.Cc1ccc(S(=O)(=O)N2C([C]3[C-][CH][CH][CH]3)=N[C@H](c3ccccc3)[C@H]2c2ccccc2)cc1.Cc1ccc(S(=O)(=O)N2C([C]3[C-][CH][CH][CH]3)=N[C@H](c3ccccc3)[C@H]2c2ccccc2)cc1.[Cl][Pd+].[Cl][Pd+].[Cl][Pt+].[Cl][Pt+].[Fe+2].[Fe+2]. The molecule has 0 N–H and O–H groups in total. The molecule has 4 fully saturated rings. The Morgan fingerprint density at radius 2 is 0.384 bits per heavy atom. The van der Waals surface area contributed by atoms with Crippen LogP contribution in [0, 0.1) is 154 Å². The maximum Gasteiger partial charge on any atom is 2.00 e. The van der Waals surface area contributed by atoms with Gasteiger partial charge in [-0.2, -0.15) is 0 Å². The summed E-state index contributed by atoms with van der Waals surface area (Å²) in [5, 5.41) is 0. The third kappa shape index (κ3) is 26.1. The molecule has 0 unspecified atom stereocenters. The molecule has 0 saturated heterocycles. The molecule has 8 aliphatic rings. The van der Waals surface area contributed by atoms with Crippen LogP contribution in [0.3, 0.4) is 0 Å². The molecule has 8 atom stereocenters. The first kappa shape index (κ1) is 112. The average molecular weight is 2610 g/mol. The zero-order valence-corrected chi connectivity index (χ0v) is 90.0.